The average Bonchev–Trinajstić information content (AvgIpc) is 2.44. The molecule has 104 valence electrons. The minimum Gasteiger partial charge on any atom is -0.494 e. The third-order valence-electron chi connectivity index (χ3n) is 2.97. The molecule has 2 aromatic carbocycles. The molecule has 0 atom stereocenters. The quantitative estimate of drug-likeness (QED) is 0.625. The molecule has 0 aliphatic rings. The molecular formula is C16H18N2O2. The molecule has 0 bridgehead atoms. The summed E-state index contributed by atoms with van der Waals surface area (Å²) in [6.07, 6.45) is 1.82. The fourth-order valence-corrected chi connectivity index (χ4v) is 1.93. The lowest BCUT2D eigenvalue weighted by Gasteiger charge is -2.07. The molecule has 2 aromatic rings. The van der Waals surface area contributed by atoms with Crippen molar-refractivity contribution in [2.75, 3.05) is 12.3 Å². The number of ether oxygens (including phenoxy) is 1. The Labute approximate surface area is 118 Å². The van der Waals surface area contributed by atoms with E-state index >= 15 is 0 Å². The van der Waals surface area contributed by atoms with Crippen molar-refractivity contribution < 1.29 is 9.53 Å². The first-order valence-corrected chi connectivity index (χ1v) is 6.52. The van der Waals surface area contributed by atoms with Gasteiger partial charge in [0.25, 0.3) is 0 Å². The van der Waals surface area contributed by atoms with Gasteiger partial charge in [-0.05, 0) is 54.8 Å². The molecule has 0 saturated carbocycles. The van der Waals surface area contributed by atoms with Crippen LogP contribution in [0, 0.1) is 0 Å². The van der Waals surface area contributed by atoms with E-state index in [2.05, 4.69) is 6.07 Å². The summed E-state index contributed by atoms with van der Waals surface area (Å²) in [4.78, 5) is 10.9. The first-order valence-electron chi connectivity index (χ1n) is 6.52. The SMILES string of the molecule is NC(=O)c1ccc(OCCCc2cccc(N)c2)cc1. The standard InChI is InChI=1S/C16H18N2O2/c17-14-5-1-3-12(11-14)4-2-10-20-15-8-6-13(7-9-15)16(18)19/h1,3,5-9,11H,2,4,10,17H2,(H2,18,19). The molecule has 0 spiro atoms. The van der Waals surface area contributed by atoms with Gasteiger partial charge < -0.3 is 16.2 Å². The van der Waals surface area contributed by atoms with E-state index in [-0.39, 0.29) is 0 Å². The van der Waals surface area contributed by atoms with E-state index in [4.69, 9.17) is 16.2 Å². The van der Waals surface area contributed by atoms with E-state index in [1.54, 1.807) is 24.3 Å². The summed E-state index contributed by atoms with van der Waals surface area (Å²) in [7, 11) is 0. The van der Waals surface area contributed by atoms with Crippen LogP contribution in [-0.4, -0.2) is 12.5 Å². The predicted molar refractivity (Wildman–Crippen MR) is 79.6 cm³/mol. The maximum Gasteiger partial charge on any atom is 0.248 e. The highest BCUT2D eigenvalue weighted by Gasteiger charge is 2.00. The van der Waals surface area contributed by atoms with Crippen LogP contribution in [0.1, 0.15) is 22.3 Å². The number of carbonyl (C=O) groups excluding carboxylic acids is 1. The number of nitrogens with two attached hydrogens (primary N) is 2. The highest BCUT2D eigenvalue weighted by Crippen LogP contribution is 2.13. The maximum atomic E-state index is 10.9. The Hall–Kier alpha value is -2.49. The van der Waals surface area contributed by atoms with Gasteiger partial charge in [-0.15, -0.1) is 0 Å². The highest BCUT2D eigenvalue weighted by atomic mass is 16.5. The summed E-state index contributed by atoms with van der Waals surface area (Å²) < 4.78 is 5.61. The van der Waals surface area contributed by atoms with Crippen molar-refractivity contribution >= 4 is 11.6 Å². The van der Waals surface area contributed by atoms with Crippen LogP contribution < -0.4 is 16.2 Å². The topological polar surface area (TPSA) is 78.3 Å². The summed E-state index contributed by atoms with van der Waals surface area (Å²) in [5.74, 6) is 0.306. The largest absolute Gasteiger partial charge is 0.494 e. The van der Waals surface area contributed by atoms with Gasteiger partial charge in [0.2, 0.25) is 5.91 Å². The number of benzene rings is 2. The second-order valence-electron chi connectivity index (χ2n) is 4.59. The van der Waals surface area contributed by atoms with E-state index in [1.165, 1.54) is 5.56 Å². The molecule has 4 N–H and O–H groups in total. The molecule has 1 amide bonds. The number of anilines is 1. The molecule has 0 aliphatic heterocycles. The molecule has 4 nitrogen and oxygen atoms in total. The fourth-order valence-electron chi connectivity index (χ4n) is 1.93. The third-order valence-corrected chi connectivity index (χ3v) is 2.97. The van der Waals surface area contributed by atoms with E-state index in [9.17, 15) is 4.79 Å². The number of primary amides is 1. The van der Waals surface area contributed by atoms with Crippen molar-refractivity contribution in [2.45, 2.75) is 12.8 Å². The third kappa shape index (κ3) is 4.02. The number of rotatable bonds is 6. The summed E-state index contributed by atoms with van der Waals surface area (Å²) >= 11 is 0. The van der Waals surface area contributed by atoms with Crippen molar-refractivity contribution in [3.05, 3.63) is 59.7 Å². The minimum absolute atomic E-state index is 0.432. The van der Waals surface area contributed by atoms with Gasteiger partial charge in [-0.3, -0.25) is 4.79 Å². The summed E-state index contributed by atoms with van der Waals surface area (Å²) in [5, 5.41) is 0. The van der Waals surface area contributed by atoms with Gasteiger partial charge in [-0.25, -0.2) is 0 Å². The van der Waals surface area contributed by atoms with Crippen LogP contribution in [0.15, 0.2) is 48.5 Å². The molecule has 0 aromatic heterocycles. The smallest absolute Gasteiger partial charge is 0.248 e. The van der Waals surface area contributed by atoms with Crippen molar-refractivity contribution in [3.63, 3.8) is 0 Å². The first-order chi connectivity index (χ1) is 9.65. The van der Waals surface area contributed by atoms with Gasteiger partial charge >= 0.3 is 0 Å². The van der Waals surface area contributed by atoms with Gasteiger partial charge in [0, 0.05) is 11.3 Å². The maximum absolute atomic E-state index is 10.9. The molecule has 4 heteroatoms. The zero-order chi connectivity index (χ0) is 14.4. The normalized spacial score (nSPS) is 10.2. The van der Waals surface area contributed by atoms with Crippen molar-refractivity contribution in [2.24, 2.45) is 5.73 Å². The van der Waals surface area contributed by atoms with Gasteiger partial charge in [0.1, 0.15) is 5.75 Å². The van der Waals surface area contributed by atoms with Crippen LogP contribution in [0.2, 0.25) is 0 Å². The lowest BCUT2D eigenvalue weighted by atomic mass is 10.1. The molecule has 0 heterocycles. The number of hydrogen-bond acceptors (Lipinski definition) is 3. The van der Waals surface area contributed by atoms with Crippen LogP contribution in [-0.2, 0) is 6.42 Å². The van der Waals surface area contributed by atoms with E-state index in [0.717, 1.165) is 24.3 Å². The number of nitrogen functional groups attached to an aromatic ring is 1. The fraction of sp³-hybridized carbons (Fsp3) is 0.188. The lowest BCUT2D eigenvalue weighted by Crippen LogP contribution is -2.10. The van der Waals surface area contributed by atoms with Gasteiger partial charge in [0.05, 0.1) is 6.61 Å². The number of amides is 1. The highest BCUT2D eigenvalue weighted by molar-refractivity contribution is 5.92. The molecule has 0 fully saturated rings. The minimum atomic E-state index is -0.432. The Morgan fingerprint density at radius 2 is 1.85 bits per heavy atom. The molecule has 0 unspecified atom stereocenters. The Morgan fingerprint density at radius 1 is 1.10 bits per heavy atom. The summed E-state index contributed by atoms with van der Waals surface area (Å²) in [6, 6.07) is 14.7. The Bertz CT molecular complexity index is 579. The monoisotopic (exact) mass is 270 g/mol. The Morgan fingerprint density at radius 3 is 2.50 bits per heavy atom. The zero-order valence-electron chi connectivity index (χ0n) is 11.2. The van der Waals surface area contributed by atoms with Gasteiger partial charge in [0.15, 0.2) is 0 Å². The summed E-state index contributed by atoms with van der Waals surface area (Å²) in [5.41, 5.74) is 13.4. The van der Waals surface area contributed by atoms with E-state index in [0.29, 0.717) is 12.2 Å². The van der Waals surface area contributed by atoms with Crippen molar-refractivity contribution in [1.82, 2.24) is 0 Å². The molecule has 0 saturated heterocycles. The lowest BCUT2D eigenvalue weighted by molar-refractivity contribution is 0.100. The van der Waals surface area contributed by atoms with Crippen molar-refractivity contribution in [1.29, 1.82) is 0 Å². The van der Waals surface area contributed by atoms with Crippen LogP contribution in [0.3, 0.4) is 0 Å². The van der Waals surface area contributed by atoms with Crippen LogP contribution in [0.5, 0.6) is 5.75 Å². The molecule has 0 aliphatic carbocycles. The van der Waals surface area contributed by atoms with Crippen LogP contribution >= 0.6 is 0 Å². The molecule has 0 radical (unpaired) electrons. The second-order valence-corrected chi connectivity index (χ2v) is 4.59. The molecule has 2 rings (SSSR count). The molecule has 20 heavy (non-hydrogen) atoms. The van der Waals surface area contributed by atoms with E-state index in [1.807, 2.05) is 18.2 Å². The Kier molecular flexibility index (Phi) is 4.60. The second kappa shape index (κ2) is 6.61. The zero-order valence-corrected chi connectivity index (χ0v) is 11.2. The molecular weight excluding hydrogens is 252 g/mol. The number of carbonyl (C=O) groups is 1. The number of aryl methyl sites for hydroxylation is 1. The van der Waals surface area contributed by atoms with E-state index < -0.39 is 5.91 Å². The first kappa shape index (κ1) is 13.9. The number of hydrogen-bond donors (Lipinski definition) is 2. The average molecular weight is 270 g/mol. The van der Waals surface area contributed by atoms with Crippen LogP contribution in [0.25, 0.3) is 0 Å². The van der Waals surface area contributed by atoms with Gasteiger partial charge in [-0.1, -0.05) is 12.1 Å². The Balaban J connectivity index is 1.77. The summed E-state index contributed by atoms with van der Waals surface area (Å²) in [6.45, 7) is 0.616. The predicted octanol–water partition coefficient (Wildman–Crippen LogP) is 2.38. The van der Waals surface area contributed by atoms with Crippen LogP contribution in [0.4, 0.5) is 5.69 Å². The van der Waals surface area contributed by atoms with Crippen molar-refractivity contribution in [3.8, 4) is 5.75 Å². The van der Waals surface area contributed by atoms with Gasteiger partial charge in [-0.2, -0.15) is 0 Å².